The second-order valence-electron chi connectivity index (χ2n) is 3.34. The molecule has 0 aliphatic rings. The molecule has 0 aliphatic heterocycles. The van der Waals surface area contributed by atoms with E-state index in [1.54, 1.807) is 11.8 Å². The van der Waals surface area contributed by atoms with E-state index in [1.165, 1.54) is 5.56 Å². The highest BCUT2D eigenvalue weighted by molar-refractivity contribution is 7.99. The van der Waals surface area contributed by atoms with Crippen molar-refractivity contribution in [3.05, 3.63) is 35.9 Å². The van der Waals surface area contributed by atoms with Crippen LogP contribution in [0.1, 0.15) is 18.9 Å². The zero-order chi connectivity index (χ0) is 10.2. The summed E-state index contributed by atoms with van der Waals surface area (Å²) >= 11 is 1.80. The van der Waals surface area contributed by atoms with Crippen LogP contribution in [0.15, 0.2) is 30.3 Å². The fraction of sp³-hybridized carbons (Fsp3) is 0.500. The van der Waals surface area contributed by atoms with Gasteiger partial charge in [0.1, 0.15) is 0 Å². The van der Waals surface area contributed by atoms with E-state index in [0.29, 0.717) is 0 Å². The van der Waals surface area contributed by atoms with Gasteiger partial charge in [-0.05, 0) is 24.2 Å². The van der Waals surface area contributed by atoms with Crippen molar-refractivity contribution in [1.29, 1.82) is 0 Å². The monoisotopic (exact) mass is 210 g/mol. The normalized spacial score (nSPS) is 12.7. The van der Waals surface area contributed by atoms with Crippen molar-refractivity contribution < 1.29 is 5.11 Å². The molecular formula is C12H18OS. The SMILES string of the molecule is CCSCC(O)CCc1ccccc1. The van der Waals surface area contributed by atoms with Gasteiger partial charge in [0.25, 0.3) is 0 Å². The van der Waals surface area contributed by atoms with Crippen molar-refractivity contribution in [3.63, 3.8) is 0 Å². The number of aliphatic hydroxyl groups excluding tert-OH is 1. The van der Waals surface area contributed by atoms with Crippen LogP contribution in [0.4, 0.5) is 0 Å². The maximum absolute atomic E-state index is 9.62. The van der Waals surface area contributed by atoms with Gasteiger partial charge in [-0.25, -0.2) is 0 Å². The molecule has 2 heteroatoms. The molecule has 14 heavy (non-hydrogen) atoms. The number of benzene rings is 1. The fourth-order valence-corrected chi connectivity index (χ4v) is 1.99. The maximum Gasteiger partial charge on any atom is 0.0633 e. The van der Waals surface area contributed by atoms with Gasteiger partial charge in [0.05, 0.1) is 6.10 Å². The van der Waals surface area contributed by atoms with Crippen molar-refractivity contribution in [3.8, 4) is 0 Å². The third-order valence-corrected chi connectivity index (χ3v) is 3.15. The van der Waals surface area contributed by atoms with Gasteiger partial charge in [0, 0.05) is 5.75 Å². The van der Waals surface area contributed by atoms with Crippen LogP contribution in [0.5, 0.6) is 0 Å². The molecule has 1 unspecified atom stereocenters. The number of hydrogen-bond donors (Lipinski definition) is 1. The Kier molecular flexibility index (Phi) is 5.72. The summed E-state index contributed by atoms with van der Waals surface area (Å²) in [5.41, 5.74) is 1.31. The Balaban J connectivity index is 2.20. The molecule has 78 valence electrons. The Morgan fingerprint density at radius 2 is 2.00 bits per heavy atom. The molecule has 1 aromatic rings. The average molecular weight is 210 g/mol. The molecule has 1 N–H and O–H groups in total. The Hall–Kier alpha value is -0.470. The van der Waals surface area contributed by atoms with E-state index >= 15 is 0 Å². The van der Waals surface area contributed by atoms with Crippen LogP contribution in [-0.4, -0.2) is 22.7 Å². The second-order valence-corrected chi connectivity index (χ2v) is 4.66. The largest absolute Gasteiger partial charge is 0.392 e. The Labute approximate surface area is 90.5 Å². The van der Waals surface area contributed by atoms with Crippen LogP contribution in [0.3, 0.4) is 0 Å². The molecular weight excluding hydrogens is 192 g/mol. The molecule has 1 rings (SSSR count). The number of rotatable bonds is 6. The summed E-state index contributed by atoms with van der Waals surface area (Å²) in [6.45, 7) is 2.12. The van der Waals surface area contributed by atoms with E-state index in [9.17, 15) is 5.11 Å². The molecule has 0 spiro atoms. The lowest BCUT2D eigenvalue weighted by Crippen LogP contribution is -2.11. The van der Waals surface area contributed by atoms with Gasteiger partial charge in [-0.15, -0.1) is 0 Å². The highest BCUT2D eigenvalue weighted by atomic mass is 32.2. The highest BCUT2D eigenvalue weighted by Crippen LogP contribution is 2.09. The minimum Gasteiger partial charge on any atom is -0.392 e. The summed E-state index contributed by atoms with van der Waals surface area (Å²) in [5, 5.41) is 9.62. The van der Waals surface area contributed by atoms with Crippen molar-refractivity contribution in [2.24, 2.45) is 0 Å². The zero-order valence-corrected chi connectivity index (χ0v) is 9.46. The first-order valence-corrected chi connectivity index (χ1v) is 6.28. The van der Waals surface area contributed by atoms with E-state index < -0.39 is 0 Å². The standard InChI is InChI=1S/C12H18OS/c1-2-14-10-12(13)9-8-11-6-4-3-5-7-11/h3-7,12-13H,2,8-10H2,1H3. The fourth-order valence-electron chi connectivity index (χ4n) is 1.32. The van der Waals surface area contributed by atoms with Gasteiger partial charge >= 0.3 is 0 Å². The number of aryl methyl sites for hydroxylation is 1. The molecule has 0 radical (unpaired) electrons. The first kappa shape index (κ1) is 11.6. The van der Waals surface area contributed by atoms with Crippen molar-refractivity contribution in [1.82, 2.24) is 0 Å². The van der Waals surface area contributed by atoms with Crippen LogP contribution < -0.4 is 0 Å². The van der Waals surface area contributed by atoms with E-state index in [0.717, 1.165) is 24.3 Å². The number of hydrogen-bond acceptors (Lipinski definition) is 2. The van der Waals surface area contributed by atoms with Crippen molar-refractivity contribution >= 4 is 11.8 Å². The number of thioether (sulfide) groups is 1. The first-order chi connectivity index (χ1) is 6.83. The third-order valence-electron chi connectivity index (χ3n) is 2.12. The lowest BCUT2D eigenvalue weighted by atomic mass is 10.1. The minimum absolute atomic E-state index is 0.153. The van der Waals surface area contributed by atoms with Gasteiger partial charge in [0.2, 0.25) is 0 Å². The first-order valence-electron chi connectivity index (χ1n) is 5.12. The smallest absolute Gasteiger partial charge is 0.0633 e. The topological polar surface area (TPSA) is 20.2 Å². The maximum atomic E-state index is 9.62. The van der Waals surface area contributed by atoms with Gasteiger partial charge in [-0.3, -0.25) is 0 Å². The Bertz CT molecular complexity index is 235. The molecule has 0 amide bonds. The molecule has 0 saturated heterocycles. The quantitative estimate of drug-likeness (QED) is 0.779. The molecule has 0 fully saturated rings. The van der Waals surface area contributed by atoms with Gasteiger partial charge in [-0.2, -0.15) is 11.8 Å². The predicted molar refractivity (Wildman–Crippen MR) is 63.8 cm³/mol. The van der Waals surface area contributed by atoms with E-state index in [-0.39, 0.29) is 6.10 Å². The van der Waals surface area contributed by atoms with Crippen molar-refractivity contribution in [2.75, 3.05) is 11.5 Å². The summed E-state index contributed by atoms with van der Waals surface area (Å²) in [6.07, 6.45) is 1.70. The molecule has 1 nitrogen and oxygen atoms in total. The molecule has 1 atom stereocenters. The molecule has 0 saturated carbocycles. The van der Waals surface area contributed by atoms with E-state index in [2.05, 4.69) is 19.1 Å². The molecule has 1 aromatic carbocycles. The molecule has 0 aliphatic carbocycles. The Morgan fingerprint density at radius 1 is 1.29 bits per heavy atom. The van der Waals surface area contributed by atoms with Crippen LogP contribution in [0, 0.1) is 0 Å². The lowest BCUT2D eigenvalue weighted by Gasteiger charge is -2.09. The van der Waals surface area contributed by atoms with E-state index in [1.807, 2.05) is 18.2 Å². The average Bonchev–Trinajstić information content (AvgIpc) is 2.25. The zero-order valence-electron chi connectivity index (χ0n) is 8.65. The van der Waals surface area contributed by atoms with Crippen LogP contribution in [0.25, 0.3) is 0 Å². The summed E-state index contributed by atoms with van der Waals surface area (Å²) in [4.78, 5) is 0. The van der Waals surface area contributed by atoms with Gasteiger partial charge < -0.3 is 5.11 Å². The van der Waals surface area contributed by atoms with Crippen LogP contribution in [0.2, 0.25) is 0 Å². The number of aliphatic hydroxyl groups is 1. The molecule has 0 bridgehead atoms. The predicted octanol–water partition coefficient (Wildman–Crippen LogP) is 2.73. The van der Waals surface area contributed by atoms with Gasteiger partial charge in [0.15, 0.2) is 0 Å². The summed E-state index contributed by atoms with van der Waals surface area (Å²) in [5.74, 6) is 1.95. The second kappa shape index (κ2) is 6.91. The summed E-state index contributed by atoms with van der Waals surface area (Å²) < 4.78 is 0. The summed E-state index contributed by atoms with van der Waals surface area (Å²) in [7, 11) is 0. The summed E-state index contributed by atoms with van der Waals surface area (Å²) in [6, 6.07) is 10.3. The Morgan fingerprint density at radius 3 is 2.64 bits per heavy atom. The molecule has 0 heterocycles. The van der Waals surface area contributed by atoms with Gasteiger partial charge in [-0.1, -0.05) is 37.3 Å². The van der Waals surface area contributed by atoms with Crippen LogP contribution >= 0.6 is 11.8 Å². The lowest BCUT2D eigenvalue weighted by molar-refractivity contribution is 0.189. The third kappa shape index (κ3) is 4.68. The highest BCUT2D eigenvalue weighted by Gasteiger charge is 2.03. The van der Waals surface area contributed by atoms with Crippen molar-refractivity contribution in [2.45, 2.75) is 25.9 Å². The molecule has 0 aromatic heterocycles. The van der Waals surface area contributed by atoms with E-state index in [4.69, 9.17) is 0 Å². The van der Waals surface area contributed by atoms with Crippen LogP contribution in [-0.2, 0) is 6.42 Å². The minimum atomic E-state index is -0.153.